The molecule has 1 saturated carbocycles. The third-order valence-corrected chi connectivity index (χ3v) is 4.46. The van der Waals surface area contributed by atoms with Crippen molar-refractivity contribution >= 4 is 11.8 Å². The number of pyridine rings is 1. The van der Waals surface area contributed by atoms with E-state index in [2.05, 4.69) is 4.98 Å². The molecule has 3 rings (SSSR count). The molecule has 21 heavy (non-hydrogen) atoms. The first-order valence-corrected chi connectivity index (χ1v) is 7.74. The molecule has 5 heteroatoms. The lowest BCUT2D eigenvalue weighted by Crippen LogP contribution is -2.41. The number of amides is 2. The maximum atomic E-state index is 12.4. The minimum atomic E-state index is 0.0149. The Labute approximate surface area is 124 Å². The van der Waals surface area contributed by atoms with Crippen LogP contribution in [0.5, 0.6) is 0 Å². The molecule has 1 aliphatic carbocycles. The Bertz CT molecular complexity index is 514. The van der Waals surface area contributed by atoms with Crippen molar-refractivity contribution in [3.05, 3.63) is 30.1 Å². The zero-order valence-corrected chi connectivity index (χ0v) is 12.2. The number of rotatable bonds is 2. The molecule has 112 valence electrons. The monoisotopic (exact) mass is 287 g/mol. The minimum Gasteiger partial charge on any atom is -0.341 e. The molecule has 2 amide bonds. The van der Waals surface area contributed by atoms with E-state index >= 15 is 0 Å². The van der Waals surface area contributed by atoms with Crippen molar-refractivity contribution in [3.8, 4) is 0 Å². The van der Waals surface area contributed by atoms with Crippen LogP contribution in [0.1, 0.15) is 36.0 Å². The first-order valence-electron chi connectivity index (χ1n) is 7.74. The largest absolute Gasteiger partial charge is 0.341 e. The molecule has 2 heterocycles. The summed E-state index contributed by atoms with van der Waals surface area (Å²) in [4.78, 5) is 32.5. The van der Waals surface area contributed by atoms with Gasteiger partial charge in [0.05, 0.1) is 5.56 Å². The van der Waals surface area contributed by atoms with Crippen LogP contribution in [-0.4, -0.2) is 52.8 Å². The van der Waals surface area contributed by atoms with E-state index in [4.69, 9.17) is 0 Å². The van der Waals surface area contributed by atoms with Crippen LogP contribution < -0.4 is 0 Å². The summed E-state index contributed by atoms with van der Waals surface area (Å²) in [5.41, 5.74) is 0.622. The van der Waals surface area contributed by atoms with Gasteiger partial charge >= 0.3 is 0 Å². The SMILES string of the molecule is O=C(c1cccnc1)N1CCCN(C(=O)C2CCC2)CC1. The van der Waals surface area contributed by atoms with E-state index in [1.165, 1.54) is 6.42 Å². The van der Waals surface area contributed by atoms with Crippen LogP contribution in [0.25, 0.3) is 0 Å². The third-order valence-electron chi connectivity index (χ3n) is 4.46. The predicted molar refractivity (Wildman–Crippen MR) is 78.7 cm³/mol. The molecule has 1 aromatic rings. The molecule has 0 N–H and O–H groups in total. The van der Waals surface area contributed by atoms with Crippen LogP contribution in [0.15, 0.2) is 24.5 Å². The van der Waals surface area contributed by atoms with Crippen molar-refractivity contribution < 1.29 is 9.59 Å². The van der Waals surface area contributed by atoms with Gasteiger partial charge in [-0.3, -0.25) is 14.6 Å². The summed E-state index contributed by atoms with van der Waals surface area (Å²) in [6, 6.07) is 3.56. The Hall–Kier alpha value is -1.91. The molecule has 0 unspecified atom stereocenters. The molecule has 1 aromatic heterocycles. The molecule has 1 saturated heterocycles. The smallest absolute Gasteiger partial charge is 0.255 e. The molecule has 0 spiro atoms. The third kappa shape index (κ3) is 3.06. The van der Waals surface area contributed by atoms with E-state index in [0.717, 1.165) is 25.8 Å². The van der Waals surface area contributed by atoms with Gasteiger partial charge in [0.25, 0.3) is 5.91 Å². The maximum Gasteiger partial charge on any atom is 0.255 e. The molecule has 0 bridgehead atoms. The van der Waals surface area contributed by atoms with Gasteiger partial charge in [-0.2, -0.15) is 0 Å². The zero-order chi connectivity index (χ0) is 14.7. The predicted octanol–water partition coefficient (Wildman–Crippen LogP) is 1.56. The van der Waals surface area contributed by atoms with Gasteiger partial charge in [-0.15, -0.1) is 0 Å². The fraction of sp³-hybridized carbons (Fsp3) is 0.562. The van der Waals surface area contributed by atoms with Gasteiger partial charge in [0.15, 0.2) is 0 Å². The van der Waals surface area contributed by atoms with Crippen molar-refractivity contribution in [2.24, 2.45) is 5.92 Å². The number of hydrogen-bond donors (Lipinski definition) is 0. The Morgan fingerprint density at radius 3 is 2.48 bits per heavy atom. The number of hydrogen-bond acceptors (Lipinski definition) is 3. The summed E-state index contributed by atoms with van der Waals surface area (Å²) in [6.45, 7) is 2.75. The second kappa shape index (κ2) is 6.24. The van der Waals surface area contributed by atoms with Crippen LogP contribution in [0, 0.1) is 5.92 Å². The maximum absolute atomic E-state index is 12.4. The summed E-state index contributed by atoms with van der Waals surface area (Å²) in [6.07, 6.45) is 7.37. The van der Waals surface area contributed by atoms with Crippen LogP contribution in [0.3, 0.4) is 0 Å². The van der Waals surface area contributed by atoms with Gasteiger partial charge in [0.1, 0.15) is 0 Å². The van der Waals surface area contributed by atoms with Gasteiger partial charge in [0.2, 0.25) is 5.91 Å². The summed E-state index contributed by atoms with van der Waals surface area (Å²) in [7, 11) is 0. The van der Waals surface area contributed by atoms with Crippen LogP contribution in [0.2, 0.25) is 0 Å². The lowest BCUT2D eigenvalue weighted by molar-refractivity contribution is -0.138. The Morgan fingerprint density at radius 1 is 1.05 bits per heavy atom. The molecule has 0 radical (unpaired) electrons. The van der Waals surface area contributed by atoms with Crippen molar-refractivity contribution in [2.75, 3.05) is 26.2 Å². The number of carbonyl (C=O) groups is 2. The Balaban J connectivity index is 1.60. The zero-order valence-electron chi connectivity index (χ0n) is 12.2. The number of nitrogens with zero attached hydrogens (tertiary/aromatic N) is 3. The van der Waals surface area contributed by atoms with E-state index in [9.17, 15) is 9.59 Å². The van der Waals surface area contributed by atoms with Crippen LogP contribution in [0.4, 0.5) is 0 Å². The molecular weight excluding hydrogens is 266 g/mol. The first-order chi connectivity index (χ1) is 10.3. The average Bonchev–Trinajstić information content (AvgIpc) is 2.71. The molecule has 0 atom stereocenters. The number of aromatic nitrogens is 1. The molecular formula is C16H21N3O2. The van der Waals surface area contributed by atoms with E-state index in [-0.39, 0.29) is 17.7 Å². The topological polar surface area (TPSA) is 53.5 Å². The van der Waals surface area contributed by atoms with Gasteiger partial charge in [-0.1, -0.05) is 6.42 Å². The van der Waals surface area contributed by atoms with Crippen LogP contribution >= 0.6 is 0 Å². The van der Waals surface area contributed by atoms with E-state index in [1.54, 1.807) is 24.5 Å². The highest BCUT2D eigenvalue weighted by atomic mass is 16.2. The van der Waals surface area contributed by atoms with E-state index in [1.807, 2.05) is 9.80 Å². The molecule has 2 fully saturated rings. The van der Waals surface area contributed by atoms with E-state index in [0.29, 0.717) is 25.2 Å². The van der Waals surface area contributed by atoms with Crippen molar-refractivity contribution in [1.82, 2.24) is 14.8 Å². The highest BCUT2D eigenvalue weighted by molar-refractivity contribution is 5.94. The fourth-order valence-electron chi connectivity index (χ4n) is 2.93. The Morgan fingerprint density at radius 2 is 1.81 bits per heavy atom. The quantitative estimate of drug-likeness (QED) is 0.829. The highest BCUT2D eigenvalue weighted by Gasteiger charge is 2.31. The second-order valence-corrected chi connectivity index (χ2v) is 5.84. The second-order valence-electron chi connectivity index (χ2n) is 5.84. The molecule has 2 aliphatic rings. The fourth-order valence-corrected chi connectivity index (χ4v) is 2.93. The molecule has 5 nitrogen and oxygen atoms in total. The highest BCUT2D eigenvalue weighted by Crippen LogP contribution is 2.28. The van der Waals surface area contributed by atoms with Gasteiger partial charge < -0.3 is 9.80 Å². The van der Waals surface area contributed by atoms with E-state index < -0.39 is 0 Å². The normalized spacial score (nSPS) is 19.8. The van der Waals surface area contributed by atoms with Crippen molar-refractivity contribution in [1.29, 1.82) is 0 Å². The molecule has 0 aromatic carbocycles. The average molecular weight is 287 g/mol. The van der Waals surface area contributed by atoms with Crippen molar-refractivity contribution in [2.45, 2.75) is 25.7 Å². The summed E-state index contributed by atoms with van der Waals surface area (Å²) in [5.74, 6) is 0.545. The standard InChI is InChI=1S/C16H21N3O2/c20-15(13-4-1-5-13)18-8-3-9-19(11-10-18)16(21)14-6-2-7-17-12-14/h2,6-7,12-13H,1,3-5,8-11H2. The first kappa shape index (κ1) is 14.0. The van der Waals surface area contributed by atoms with Crippen molar-refractivity contribution in [3.63, 3.8) is 0 Å². The van der Waals surface area contributed by atoms with Gasteiger partial charge in [-0.25, -0.2) is 0 Å². The number of carbonyl (C=O) groups excluding carboxylic acids is 2. The minimum absolute atomic E-state index is 0.0149. The van der Waals surface area contributed by atoms with Crippen LogP contribution in [-0.2, 0) is 4.79 Å². The summed E-state index contributed by atoms with van der Waals surface area (Å²) >= 11 is 0. The lowest BCUT2D eigenvalue weighted by atomic mass is 9.84. The van der Waals surface area contributed by atoms with Gasteiger partial charge in [0, 0.05) is 44.5 Å². The molecule has 1 aliphatic heterocycles. The van der Waals surface area contributed by atoms with Gasteiger partial charge in [-0.05, 0) is 31.4 Å². The summed E-state index contributed by atoms with van der Waals surface area (Å²) in [5, 5.41) is 0. The summed E-state index contributed by atoms with van der Waals surface area (Å²) < 4.78 is 0. The lowest BCUT2D eigenvalue weighted by Gasteiger charge is -2.31. The Kier molecular flexibility index (Phi) is 4.18.